The Balaban J connectivity index is 1.29. The first-order valence-corrected chi connectivity index (χ1v) is 17.4. The van der Waals surface area contributed by atoms with E-state index in [2.05, 4.69) is 174 Å². The average Bonchev–Trinajstić information content (AvgIpc) is 3.56. The lowest BCUT2D eigenvalue weighted by Gasteiger charge is -2.14. The summed E-state index contributed by atoms with van der Waals surface area (Å²) >= 11 is 0. The highest BCUT2D eigenvalue weighted by atomic mass is 15.0. The van der Waals surface area contributed by atoms with Gasteiger partial charge in [-0.2, -0.15) is 0 Å². The molecule has 0 saturated carbocycles. The molecule has 9 aromatic carbocycles. The Hall–Kier alpha value is -6.84. The number of rotatable bonds is 3. The molecule has 2 aromatic heterocycles. The summed E-state index contributed by atoms with van der Waals surface area (Å²) in [4.78, 5) is 10.4. The van der Waals surface area contributed by atoms with Gasteiger partial charge < -0.3 is 4.57 Å². The largest absolute Gasteiger partial charge is 0.309 e. The summed E-state index contributed by atoms with van der Waals surface area (Å²) in [6.45, 7) is 0. The van der Waals surface area contributed by atoms with Crippen molar-refractivity contribution in [1.82, 2.24) is 14.5 Å². The molecule has 0 saturated heterocycles. The Kier molecular flexibility index (Phi) is 5.96. The van der Waals surface area contributed by atoms with Gasteiger partial charge in [0.1, 0.15) is 0 Å². The number of aromatic nitrogens is 3. The fraction of sp³-hybridized carbons (Fsp3) is 0. The van der Waals surface area contributed by atoms with E-state index < -0.39 is 0 Å². The van der Waals surface area contributed by atoms with Crippen LogP contribution in [0.25, 0.3) is 104 Å². The normalized spacial score (nSPS) is 11.9. The third-order valence-corrected chi connectivity index (χ3v) is 10.5. The highest BCUT2D eigenvalue weighted by molar-refractivity contribution is 6.38. The van der Waals surface area contributed by atoms with Crippen molar-refractivity contribution in [2.75, 3.05) is 0 Å². The molecular formula is C48H29N3. The molecule has 0 bridgehead atoms. The van der Waals surface area contributed by atoms with Crippen molar-refractivity contribution < 1.29 is 0 Å². The monoisotopic (exact) mass is 647 g/mol. The maximum Gasteiger partial charge on any atom is 0.160 e. The van der Waals surface area contributed by atoms with E-state index in [1.807, 2.05) is 6.07 Å². The molecule has 11 aromatic rings. The standard InChI is InChI=1S/C48H29N3/c1-3-14-31(15-4-1)47-39-21-11-12-22-41(39)49-48(50-47)32-23-25-38-40(29-32)36-20-10-9-19-35(36)37-26-28-43-46(44(37)38)45-34-18-8-7-13-30(34)24-27-42(45)51(43)33-16-5-2-6-17-33/h1-29H. The van der Waals surface area contributed by atoms with Crippen LogP contribution in [0.5, 0.6) is 0 Å². The fourth-order valence-corrected chi connectivity index (χ4v) is 8.33. The Morgan fingerprint density at radius 1 is 0.353 bits per heavy atom. The SMILES string of the molecule is c1ccc(-c2nc(-c3ccc4c(c3)c3ccccc3c3ccc5c(c34)c3c4ccccc4ccc3n5-c3ccccc3)nc3ccccc23)cc1. The van der Waals surface area contributed by atoms with Gasteiger partial charge in [-0.05, 0) is 74.1 Å². The van der Waals surface area contributed by atoms with Gasteiger partial charge in [0.05, 0.1) is 22.2 Å². The second-order valence-electron chi connectivity index (χ2n) is 13.3. The summed E-state index contributed by atoms with van der Waals surface area (Å²) in [7, 11) is 0. The topological polar surface area (TPSA) is 30.7 Å². The maximum atomic E-state index is 5.24. The minimum Gasteiger partial charge on any atom is -0.309 e. The van der Waals surface area contributed by atoms with Crippen molar-refractivity contribution in [2.24, 2.45) is 0 Å². The molecular weight excluding hydrogens is 619 g/mol. The van der Waals surface area contributed by atoms with Crippen LogP contribution in [0.3, 0.4) is 0 Å². The zero-order chi connectivity index (χ0) is 33.5. The third kappa shape index (κ3) is 4.12. The summed E-state index contributed by atoms with van der Waals surface area (Å²) in [6, 6.07) is 63.1. The molecule has 11 rings (SSSR count). The second-order valence-corrected chi connectivity index (χ2v) is 13.3. The van der Waals surface area contributed by atoms with Crippen LogP contribution in [0.4, 0.5) is 0 Å². The molecule has 0 fully saturated rings. The van der Waals surface area contributed by atoms with Crippen LogP contribution < -0.4 is 0 Å². The molecule has 3 nitrogen and oxygen atoms in total. The smallest absolute Gasteiger partial charge is 0.160 e. The lowest BCUT2D eigenvalue weighted by molar-refractivity contribution is 1.18. The zero-order valence-corrected chi connectivity index (χ0v) is 27.6. The molecule has 51 heavy (non-hydrogen) atoms. The number of hydrogen-bond acceptors (Lipinski definition) is 2. The fourth-order valence-electron chi connectivity index (χ4n) is 8.33. The molecule has 0 spiro atoms. The van der Waals surface area contributed by atoms with E-state index in [0.29, 0.717) is 0 Å². The van der Waals surface area contributed by atoms with Gasteiger partial charge in [-0.3, -0.25) is 0 Å². The Labute approximate surface area is 293 Å². The molecule has 2 heterocycles. The van der Waals surface area contributed by atoms with E-state index in [4.69, 9.17) is 9.97 Å². The summed E-state index contributed by atoms with van der Waals surface area (Å²) in [5.41, 5.74) is 7.53. The second kappa shape index (κ2) is 10.8. The Morgan fingerprint density at radius 3 is 1.78 bits per heavy atom. The summed E-state index contributed by atoms with van der Waals surface area (Å²) in [5, 5.41) is 13.5. The summed E-state index contributed by atoms with van der Waals surface area (Å²) in [5.74, 6) is 0.725. The van der Waals surface area contributed by atoms with Crippen molar-refractivity contribution in [1.29, 1.82) is 0 Å². The molecule has 0 radical (unpaired) electrons. The van der Waals surface area contributed by atoms with Gasteiger partial charge in [0.15, 0.2) is 5.82 Å². The lowest BCUT2D eigenvalue weighted by Crippen LogP contribution is -1.95. The van der Waals surface area contributed by atoms with E-state index in [-0.39, 0.29) is 0 Å². The minimum absolute atomic E-state index is 0.725. The van der Waals surface area contributed by atoms with Crippen LogP contribution in [0, 0.1) is 0 Å². The number of fused-ring (bicyclic) bond motifs is 13. The molecule has 0 unspecified atom stereocenters. The molecule has 0 aliphatic heterocycles. The van der Waals surface area contributed by atoms with Gasteiger partial charge in [-0.15, -0.1) is 0 Å². The van der Waals surface area contributed by atoms with Crippen molar-refractivity contribution in [3.63, 3.8) is 0 Å². The van der Waals surface area contributed by atoms with Crippen LogP contribution in [-0.4, -0.2) is 14.5 Å². The third-order valence-electron chi connectivity index (χ3n) is 10.5. The van der Waals surface area contributed by atoms with E-state index in [9.17, 15) is 0 Å². The van der Waals surface area contributed by atoms with Crippen molar-refractivity contribution in [3.8, 4) is 28.3 Å². The molecule has 0 aliphatic rings. The molecule has 0 aliphatic carbocycles. The highest BCUT2D eigenvalue weighted by Crippen LogP contribution is 2.46. The molecule has 236 valence electrons. The number of para-hydroxylation sites is 2. The average molecular weight is 648 g/mol. The lowest BCUT2D eigenvalue weighted by atomic mass is 9.90. The van der Waals surface area contributed by atoms with Crippen molar-refractivity contribution in [3.05, 3.63) is 176 Å². The van der Waals surface area contributed by atoms with Crippen molar-refractivity contribution >= 4 is 75.8 Å². The van der Waals surface area contributed by atoms with Gasteiger partial charge in [-0.1, -0.05) is 140 Å². The quantitative estimate of drug-likeness (QED) is 0.179. The first-order valence-electron chi connectivity index (χ1n) is 17.4. The van der Waals surface area contributed by atoms with Gasteiger partial charge >= 0.3 is 0 Å². The number of hydrogen-bond donors (Lipinski definition) is 0. The van der Waals surface area contributed by atoms with Crippen molar-refractivity contribution in [2.45, 2.75) is 0 Å². The predicted octanol–water partition coefficient (Wildman–Crippen LogP) is 12.7. The number of nitrogens with zero attached hydrogens (tertiary/aromatic N) is 3. The van der Waals surface area contributed by atoms with E-state index in [1.165, 1.54) is 64.9 Å². The van der Waals surface area contributed by atoms with Gasteiger partial charge in [-0.25, -0.2) is 9.97 Å². The number of benzene rings is 9. The summed E-state index contributed by atoms with van der Waals surface area (Å²) in [6.07, 6.45) is 0. The van der Waals surface area contributed by atoms with Crippen LogP contribution in [0.15, 0.2) is 176 Å². The van der Waals surface area contributed by atoms with Crippen LogP contribution in [0.2, 0.25) is 0 Å². The van der Waals surface area contributed by atoms with Gasteiger partial charge in [0, 0.05) is 38.4 Å². The molecule has 0 N–H and O–H groups in total. The van der Waals surface area contributed by atoms with Gasteiger partial charge in [0.2, 0.25) is 0 Å². The summed E-state index contributed by atoms with van der Waals surface area (Å²) < 4.78 is 2.43. The van der Waals surface area contributed by atoms with Crippen LogP contribution in [-0.2, 0) is 0 Å². The molecule has 0 amide bonds. The highest BCUT2D eigenvalue weighted by Gasteiger charge is 2.21. The minimum atomic E-state index is 0.725. The first kappa shape index (κ1) is 28.0. The molecule has 3 heteroatoms. The van der Waals surface area contributed by atoms with E-state index in [1.54, 1.807) is 0 Å². The first-order chi connectivity index (χ1) is 25.3. The Morgan fingerprint density at radius 2 is 0.961 bits per heavy atom. The molecule has 0 atom stereocenters. The van der Waals surface area contributed by atoms with Gasteiger partial charge in [0.25, 0.3) is 0 Å². The Bertz CT molecular complexity index is 3180. The maximum absolute atomic E-state index is 5.24. The van der Waals surface area contributed by atoms with E-state index in [0.717, 1.165) is 39.2 Å². The zero-order valence-electron chi connectivity index (χ0n) is 27.6. The predicted molar refractivity (Wildman–Crippen MR) is 215 cm³/mol. The van der Waals surface area contributed by atoms with Crippen LogP contribution >= 0.6 is 0 Å². The van der Waals surface area contributed by atoms with E-state index >= 15 is 0 Å². The van der Waals surface area contributed by atoms with Crippen LogP contribution in [0.1, 0.15) is 0 Å².